The molecule has 0 aliphatic carbocycles. The molecule has 9 nitrogen and oxygen atoms in total. The van der Waals surface area contributed by atoms with Gasteiger partial charge in [-0.05, 0) is 5.92 Å². The molecule has 2 aliphatic rings. The van der Waals surface area contributed by atoms with Gasteiger partial charge in [0.05, 0.1) is 17.4 Å². The van der Waals surface area contributed by atoms with Gasteiger partial charge < -0.3 is 14.4 Å². The number of likely N-dealkylation sites (tertiary alicyclic amines) is 1. The standard InChI is InChI=1S/C22H25F2N5O4/c1-13(2)21(29-12-25-16-9-14(23)15(24)10-17(16)29)22(33)27-7-5-26(6-8-27)20(32)11-28-18(30)3-4-19(28)31/h9-10,12-13,21H,3-8,11H2,1-2H3. The summed E-state index contributed by atoms with van der Waals surface area (Å²) in [4.78, 5) is 57.7. The number of piperazine rings is 1. The second kappa shape index (κ2) is 8.87. The van der Waals surface area contributed by atoms with Crippen molar-refractivity contribution >= 4 is 34.7 Å². The first-order valence-corrected chi connectivity index (χ1v) is 10.9. The molecule has 1 unspecified atom stereocenters. The average Bonchev–Trinajstić information content (AvgIpc) is 3.31. The van der Waals surface area contributed by atoms with Crippen molar-refractivity contribution in [1.29, 1.82) is 0 Å². The molecule has 1 aromatic heterocycles. The Kier molecular flexibility index (Phi) is 6.13. The number of carbonyl (C=O) groups is 4. The van der Waals surface area contributed by atoms with Crippen molar-refractivity contribution in [1.82, 2.24) is 24.3 Å². The summed E-state index contributed by atoms with van der Waals surface area (Å²) in [7, 11) is 0. The molecular formula is C22H25F2N5O4. The number of benzene rings is 1. The Morgan fingerprint density at radius 3 is 2.15 bits per heavy atom. The molecule has 1 aromatic carbocycles. The Labute approximate surface area is 188 Å². The summed E-state index contributed by atoms with van der Waals surface area (Å²) < 4.78 is 29.0. The third kappa shape index (κ3) is 4.31. The predicted octanol–water partition coefficient (Wildman–Crippen LogP) is 1.33. The second-order valence-electron chi connectivity index (χ2n) is 8.68. The Morgan fingerprint density at radius 1 is 0.970 bits per heavy atom. The van der Waals surface area contributed by atoms with Crippen LogP contribution < -0.4 is 0 Å². The number of carbonyl (C=O) groups excluding carboxylic acids is 4. The summed E-state index contributed by atoms with van der Waals surface area (Å²) in [6.45, 7) is 4.56. The van der Waals surface area contributed by atoms with Gasteiger partial charge in [-0.15, -0.1) is 0 Å². The van der Waals surface area contributed by atoms with Gasteiger partial charge in [-0.2, -0.15) is 0 Å². The minimum Gasteiger partial charge on any atom is -0.338 e. The van der Waals surface area contributed by atoms with Gasteiger partial charge in [-0.3, -0.25) is 24.1 Å². The van der Waals surface area contributed by atoms with Crippen LogP contribution in [0.25, 0.3) is 11.0 Å². The van der Waals surface area contributed by atoms with E-state index in [4.69, 9.17) is 0 Å². The van der Waals surface area contributed by atoms with E-state index in [2.05, 4.69) is 4.98 Å². The van der Waals surface area contributed by atoms with E-state index < -0.39 is 17.7 Å². The first kappa shape index (κ1) is 22.8. The van der Waals surface area contributed by atoms with Gasteiger partial charge in [0.2, 0.25) is 23.6 Å². The van der Waals surface area contributed by atoms with E-state index in [-0.39, 0.29) is 80.6 Å². The molecule has 2 aliphatic heterocycles. The highest BCUT2D eigenvalue weighted by atomic mass is 19.2. The zero-order valence-electron chi connectivity index (χ0n) is 18.5. The van der Waals surface area contributed by atoms with Crippen molar-refractivity contribution in [3.8, 4) is 0 Å². The van der Waals surface area contributed by atoms with Crippen LogP contribution in [0.2, 0.25) is 0 Å². The number of aromatic nitrogens is 2. The lowest BCUT2D eigenvalue weighted by molar-refractivity contribution is -0.147. The molecule has 11 heteroatoms. The van der Waals surface area contributed by atoms with Crippen molar-refractivity contribution in [3.05, 3.63) is 30.1 Å². The van der Waals surface area contributed by atoms with Crippen LogP contribution in [-0.2, 0) is 19.2 Å². The number of hydrogen-bond donors (Lipinski definition) is 0. The molecule has 1 atom stereocenters. The van der Waals surface area contributed by atoms with Crippen molar-refractivity contribution in [2.45, 2.75) is 32.7 Å². The first-order valence-electron chi connectivity index (χ1n) is 10.9. The number of halogens is 2. The lowest BCUT2D eigenvalue weighted by Crippen LogP contribution is -2.54. The molecule has 3 heterocycles. The highest BCUT2D eigenvalue weighted by Crippen LogP contribution is 2.27. The monoisotopic (exact) mass is 461 g/mol. The van der Waals surface area contributed by atoms with Gasteiger partial charge in [0, 0.05) is 51.2 Å². The summed E-state index contributed by atoms with van der Waals surface area (Å²) in [5.74, 6) is -3.39. The highest BCUT2D eigenvalue weighted by molar-refractivity contribution is 6.04. The molecule has 176 valence electrons. The molecule has 2 fully saturated rings. The van der Waals surface area contributed by atoms with Crippen LogP contribution in [0.3, 0.4) is 0 Å². The van der Waals surface area contributed by atoms with Crippen molar-refractivity contribution in [2.75, 3.05) is 32.7 Å². The summed E-state index contributed by atoms with van der Waals surface area (Å²) in [6, 6.07) is 1.36. The van der Waals surface area contributed by atoms with E-state index in [1.54, 1.807) is 9.47 Å². The molecule has 0 spiro atoms. The van der Waals surface area contributed by atoms with Crippen LogP contribution in [0.5, 0.6) is 0 Å². The fourth-order valence-electron chi connectivity index (χ4n) is 4.37. The molecule has 4 rings (SSSR count). The number of fused-ring (bicyclic) bond motifs is 1. The largest absolute Gasteiger partial charge is 0.338 e. The molecular weight excluding hydrogens is 436 g/mol. The molecule has 2 saturated heterocycles. The van der Waals surface area contributed by atoms with Gasteiger partial charge in [0.15, 0.2) is 11.6 Å². The topological polar surface area (TPSA) is 95.8 Å². The fraction of sp³-hybridized carbons (Fsp3) is 0.500. The van der Waals surface area contributed by atoms with Gasteiger partial charge in [-0.25, -0.2) is 13.8 Å². The minimum atomic E-state index is -1.01. The third-order valence-electron chi connectivity index (χ3n) is 6.19. The van der Waals surface area contributed by atoms with Gasteiger partial charge >= 0.3 is 0 Å². The zero-order chi connectivity index (χ0) is 23.9. The summed E-state index contributed by atoms with van der Waals surface area (Å²) >= 11 is 0. The minimum absolute atomic E-state index is 0.129. The molecule has 33 heavy (non-hydrogen) atoms. The van der Waals surface area contributed by atoms with Crippen molar-refractivity contribution < 1.29 is 28.0 Å². The van der Waals surface area contributed by atoms with Gasteiger partial charge in [0.25, 0.3) is 0 Å². The maximum absolute atomic E-state index is 13.8. The van der Waals surface area contributed by atoms with Crippen LogP contribution in [-0.4, -0.2) is 80.6 Å². The number of imide groups is 1. The maximum Gasteiger partial charge on any atom is 0.246 e. The Hall–Kier alpha value is -3.37. The van der Waals surface area contributed by atoms with Crippen LogP contribution in [0.4, 0.5) is 8.78 Å². The summed E-state index contributed by atoms with van der Waals surface area (Å²) in [5.41, 5.74) is 0.587. The highest BCUT2D eigenvalue weighted by Gasteiger charge is 2.35. The molecule has 0 saturated carbocycles. The number of rotatable bonds is 5. The molecule has 0 N–H and O–H groups in total. The fourth-order valence-corrected chi connectivity index (χ4v) is 4.37. The van der Waals surface area contributed by atoms with E-state index >= 15 is 0 Å². The molecule has 0 bridgehead atoms. The summed E-state index contributed by atoms with van der Waals surface area (Å²) in [5, 5.41) is 0. The predicted molar refractivity (Wildman–Crippen MR) is 113 cm³/mol. The van der Waals surface area contributed by atoms with Gasteiger partial charge in [-0.1, -0.05) is 13.8 Å². The van der Waals surface area contributed by atoms with Crippen LogP contribution in [0.1, 0.15) is 32.7 Å². The average molecular weight is 461 g/mol. The smallest absolute Gasteiger partial charge is 0.246 e. The number of imidazole rings is 1. The lowest BCUT2D eigenvalue weighted by atomic mass is 10.0. The first-order chi connectivity index (χ1) is 15.7. The molecule has 0 radical (unpaired) electrons. The van der Waals surface area contributed by atoms with E-state index in [0.29, 0.717) is 5.52 Å². The van der Waals surface area contributed by atoms with Crippen molar-refractivity contribution in [3.63, 3.8) is 0 Å². The normalized spacial score (nSPS) is 18.0. The van der Waals surface area contributed by atoms with Crippen LogP contribution >= 0.6 is 0 Å². The third-order valence-corrected chi connectivity index (χ3v) is 6.19. The maximum atomic E-state index is 13.8. The van der Waals surface area contributed by atoms with Crippen LogP contribution in [0, 0.1) is 17.6 Å². The van der Waals surface area contributed by atoms with E-state index in [1.165, 1.54) is 11.2 Å². The Bertz CT molecular complexity index is 1110. The van der Waals surface area contributed by atoms with Crippen molar-refractivity contribution in [2.24, 2.45) is 5.92 Å². The van der Waals surface area contributed by atoms with Crippen LogP contribution in [0.15, 0.2) is 18.5 Å². The number of amides is 4. The molecule has 4 amide bonds. The zero-order valence-corrected chi connectivity index (χ0v) is 18.5. The quantitative estimate of drug-likeness (QED) is 0.626. The van der Waals surface area contributed by atoms with E-state index in [1.807, 2.05) is 13.8 Å². The number of nitrogens with zero attached hydrogens (tertiary/aromatic N) is 5. The summed E-state index contributed by atoms with van der Waals surface area (Å²) in [6.07, 6.45) is 1.67. The number of hydrogen-bond acceptors (Lipinski definition) is 5. The van der Waals surface area contributed by atoms with E-state index in [9.17, 15) is 28.0 Å². The second-order valence-corrected chi connectivity index (χ2v) is 8.68. The molecule has 2 aromatic rings. The lowest BCUT2D eigenvalue weighted by Gasteiger charge is -2.37. The Morgan fingerprint density at radius 2 is 1.55 bits per heavy atom. The SMILES string of the molecule is CC(C)C(C(=O)N1CCN(C(=O)CN2C(=O)CCC2=O)CC1)n1cnc2cc(F)c(F)cc21. The Balaban J connectivity index is 1.45. The van der Waals surface area contributed by atoms with E-state index in [0.717, 1.165) is 17.0 Å². The van der Waals surface area contributed by atoms with Gasteiger partial charge in [0.1, 0.15) is 12.6 Å².